The van der Waals surface area contributed by atoms with Crippen LogP contribution in [0.3, 0.4) is 0 Å². The zero-order chi connectivity index (χ0) is 14.3. The van der Waals surface area contributed by atoms with Gasteiger partial charge in [0.2, 0.25) is 0 Å². The molecule has 1 aliphatic heterocycles. The third kappa shape index (κ3) is 2.50. The Balaban J connectivity index is 1.59. The number of carbonyl (C=O) groups is 2. The van der Waals surface area contributed by atoms with Gasteiger partial charge in [0.1, 0.15) is 6.04 Å². The van der Waals surface area contributed by atoms with Crippen LogP contribution in [0.15, 0.2) is 0 Å². The molecule has 2 aliphatic carbocycles. The summed E-state index contributed by atoms with van der Waals surface area (Å²) in [7, 11) is 0. The molecule has 3 fully saturated rings. The number of likely N-dealkylation sites (tertiary alicyclic amines) is 1. The highest BCUT2D eigenvalue weighted by Crippen LogP contribution is 2.42. The third-order valence-corrected chi connectivity index (χ3v) is 5.41. The topological polar surface area (TPSA) is 69.6 Å². The second-order valence-corrected chi connectivity index (χ2v) is 6.79. The van der Waals surface area contributed by atoms with Crippen molar-refractivity contribution in [2.24, 2.45) is 23.7 Å². The molecule has 0 bridgehead atoms. The quantitative estimate of drug-likeness (QED) is 0.826. The average Bonchev–Trinajstić information content (AvgIpc) is 3.04. The molecule has 1 saturated heterocycles. The molecular weight excluding hydrogens is 256 g/mol. The Morgan fingerprint density at radius 2 is 2.05 bits per heavy atom. The lowest BCUT2D eigenvalue weighted by Crippen LogP contribution is -2.48. The van der Waals surface area contributed by atoms with E-state index in [9.17, 15) is 14.7 Å². The van der Waals surface area contributed by atoms with Crippen LogP contribution in [0.1, 0.15) is 39.0 Å². The van der Waals surface area contributed by atoms with Crippen molar-refractivity contribution >= 4 is 12.0 Å². The number of amides is 2. The van der Waals surface area contributed by atoms with Crippen molar-refractivity contribution in [3.05, 3.63) is 0 Å². The molecule has 112 valence electrons. The summed E-state index contributed by atoms with van der Waals surface area (Å²) in [5, 5.41) is 12.4. The molecule has 5 nitrogen and oxygen atoms in total. The van der Waals surface area contributed by atoms with Gasteiger partial charge in [-0.2, -0.15) is 0 Å². The van der Waals surface area contributed by atoms with E-state index in [2.05, 4.69) is 12.2 Å². The van der Waals surface area contributed by atoms with Gasteiger partial charge in [-0.15, -0.1) is 0 Å². The molecule has 20 heavy (non-hydrogen) atoms. The van der Waals surface area contributed by atoms with Crippen molar-refractivity contribution in [1.82, 2.24) is 10.2 Å². The standard InChI is InChI=1S/C15H24N2O3/c1-9(10-5-6-10)7-16-15(20)17-8-11-3-2-4-12(11)13(17)14(18)19/h9-13H,2-8H2,1H3,(H,16,20)(H,18,19). The normalized spacial score (nSPS) is 33.9. The van der Waals surface area contributed by atoms with Crippen molar-refractivity contribution < 1.29 is 14.7 Å². The maximum absolute atomic E-state index is 12.3. The number of nitrogens with zero attached hydrogens (tertiary/aromatic N) is 1. The van der Waals surface area contributed by atoms with Crippen LogP contribution in [0, 0.1) is 23.7 Å². The van der Waals surface area contributed by atoms with E-state index < -0.39 is 12.0 Å². The molecule has 2 N–H and O–H groups in total. The van der Waals surface area contributed by atoms with Gasteiger partial charge in [0.05, 0.1) is 0 Å². The van der Waals surface area contributed by atoms with Crippen molar-refractivity contribution in [1.29, 1.82) is 0 Å². The second-order valence-electron chi connectivity index (χ2n) is 6.79. The van der Waals surface area contributed by atoms with Gasteiger partial charge in [0.25, 0.3) is 0 Å². The van der Waals surface area contributed by atoms with Gasteiger partial charge in [0, 0.05) is 13.1 Å². The minimum absolute atomic E-state index is 0.166. The van der Waals surface area contributed by atoms with E-state index in [1.165, 1.54) is 12.8 Å². The first-order valence-corrected chi connectivity index (χ1v) is 7.85. The minimum atomic E-state index is -0.843. The van der Waals surface area contributed by atoms with Crippen molar-refractivity contribution in [2.75, 3.05) is 13.1 Å². The molecule has 3 aliphatic rings. The van der Waals surface area contributed by atoms with E-state index in [1.807, 2.05) is 0 Å². The van der Waals surface area contributed by atoms with Gasteiger partial charge >= 0.3 is 12.0 Å². The molecule has 0 radical (unpaired) electrons. The van der Waals surface area contributed by atoms with Crippen molar-refractivity contribution in [3.8, 4) is 0 Å². The van der Waals surface area contributed by atoms with E-state index in [4.69, 9.17) is 0 Å². The maximum Gasteiger partial charge on any atom is 0.326 e. The van der Waals surface area contributed by atoms with E-state index in [0.29, 0.717) is 24.9 Å². The Kier molecular flexibility index (Phi) is 3.61. The van der Waals surface area contributed by atoms with Crippen LogP contribution in [-0.4, -0.2) is 41.1 Å². The van der Waals surface area contributed by atoms with Crippen LogP contribution in [0.25, 0.3) is 0 Å². The number of rotatable bonds is 4. The Morgan fingerprint density at radius 1 is 1.30 bits per heavy atom. The number of hydrogen-bond acceptors (Lipinski definition) is 2. The summed E-state index contributed by atoms with van der Waals surface area (Å²) in [4.78, 5) is 25.3. The number of urea groups is 1. The largest absolute Gasteiger partial charge is 0.480 e. The van der Waals surface area contributed by atoms with Crippen molar-refractivity contribution in [3.63, 3.8) is 0 Å². The summed E-state index contributed by atoms with van der Waals surface area (Å²) in [6, 6.07) is -0.793. The lowest BCUT2D eigenvalue weighted by Gasteiger charge is -2.25. The summed E-state index contributed by atoms with van der Waals surface area (Å²) < 4.78 is 0. The summed E-state index contributed by atoms with van der Waals surface area (Å²) in [6.07, 6.45) is 5.65. The SMILES string of the molecule is CC(CNC(=O)N1CC2CCCC2C1C(=O)O)C1CC1. The van der Waals surface area contributed by atoms with Crippen LogP contribution in [0.4, 0.5) is 4.79 Å². The van der Waals surface area contributed by atoms with Crippen LogP contribution in [0.5, 0.6) is 0 Å². The number of hydrogen-bond donors (Lipinski definition) is 2. The Labute approximate surface area is 119 Å². The molecule has 4 unspecified atom stereocenters. The van der Waals surface area contributed by atoms with Crippen LogP contribution < -0.4 is 5.32 Å². The molecule has 5 heteroatoms. The zero-order valence-electron chi connectivity index (χ0n) is 12.0. The smallest absolute Gasteiger partial charge is 0.326 e. The number of fused-ring (bicyclic) bond motifs is 1. The van der Waals surface area contributed by atoms with Gasteiger partial charge in [-0.3, -0.25) is 0 Å². The highest BCUT2D eigenvalue weighted by molar-refractivity contribution is 5.83. The van der Waals surface area contributed by atoms with Gasteiger partial charge in [-0.25, -0.2) is 9.59 Å². The minimum Gasteiger partial charge on any atom is -0.480 e. The predicted molar refractivity (Wildman–Crippen MR) is 74.2 cm³/mol. The summed E-state index contributed by atoms with van der Waals surface area (Å²) in [5.74, 6) is 0.972. The first-order valence-electron chi connectivity index (χ1n) is 7.85. The predicted octanol–water partition coefficient (Wildman–Crippen LogP) is 1.93. The van der Waals surface area contributed by atoms with Crippen LogP contribution >= 0.6 is 0 Å². The fraction of sp³-hybridized carbons (Fsp3) is 0.867. The van der Waals surface area contributed by atoms with Gasteiger partial charge in [0.15, 0.2) is 0 Å². The molecule has 2 saturated carbocycles. The molecule has 0 aromatic heterocycles. The summed E-state index contributed by atoms with van der Waals surface area (Å²) >= 11 is 0. The molecule has 0 aromatic rings. The zero-order valence-corrected chi connectivity index (χ0v) is 12.0. The van der Waals surface area contributed by atoms with Crippen LogP contribution in [-0.2, 0) is 4.79 Å². The van der Waals surface area contributed by atoms with E-state index in [-0.39, 0.29) is 11.9 Å². The van der Waals surface area contributed by atoms with Gasteiger partial charge < -0.3 is 15.3 Å². The molecule has 0 aromatic carbocycles. The van der Waals surface area contributed by atoms with Crippen molar-refractivity contribution in [2.45, 2.75) is 45.1 Å². The second kappa shape index (κ2) is 5.26. The fourth-order valence-corrected chi connectivity index (χ4v) is 4.01. The highest BCUT2D eigenvalue weighted by Gasteiger charge is 2.49. The maximum atomic E-state index is 12.3. The molecular formula is C15H24N2O3. The number of carboxylic acids is 1. The number of carbonyl (C=O) groups excluding carboxylic acids is 1. The Hall–Kier alpha value is -1.26. The molecule has 1 heterocycles. The van der Waals surface area contributed by atoms with E-state index in [0.717, 1.165) is 25.2 Å². The monoisotopic (exact) mass is 280 g/mol. The molecule has 2 amide bonds. The van der Waals surface area contributed by atoms with Gasteiger partial charge in [-0.1, -0.05) is 13.3 Å². The van der Waals surface area contributed by atoms with E-state index in [1.54, 1.807) is 4.90 Å². The Bertz CT molecular complexity index is 408. The lowest BCUT2D eigenvalue weighted by atomic mass is 9.94. The Morgan fingerprint density at radius 3 is 2.70 bits per heavy atom. The summed E-state index contributed by atoms with van der Waals surface area (Å²) in [6.45, 7) is 3.44. The fourth-order valence-electron chi connectivity index (χ4n) is 4.01. The number of aliphatic carboxylic acids is 1. The van der Waals surface area contributed by atoms with Gasteiger partial charge in [-0.05, 0) is 49.4 Å². The van der Waals surface area contributed by atoms with Crippen LogP contribution in [0.2, 0.25) is 0 Å². The number of carboxylic acid groups (broad SMARTS) is 1. The average molecular weight is 280 g/mol. The molecule has 0 spiro atoms. The first kappa shape index (κ1) is 13.7. The molecule has 3 rings (SSSR count). The van der Waals surface area contributed by atoms with E-state index >= 15 is 0 Å². The first-order chi connectivity index (χ1) is 9.58. The third-order valence-electron chi connectivity index (χ3n) is 5.41. The summed E-state index contributed by atoms with van der Waals surface area (Å²) in [5.41, 5.74) is 0. The number of nitrogens with one attached hydrogen (secondary N) is 1. The highest BCUT2D eigenvalue weighted by atomic mass is 16.4. The lowest BCUT2D eigenvalue weighted by molar-refractivity contribution is -0.142. The molecule has 4 atom stereocenters.